The average Bonchev–Trinajstić information content (AvgIpc) is 2.03. The molecule has 13 heavy (non-hydrogen) atoms. The molecule has 0 spiro atoms. The van der Waals surface area contributed by atoms with Crippen molar-refractivity contribution < 1.29 is 13.5 Å². The van der Waals surface area contributed by atoms with Crippen LogP contribution in [0.15, 0.2) is 18.3 Å². The van der Waals surface area contributed by atoms with E-state index in [-0.39, 0.29) is 11.4 Å². The van der Waals surface area contributed by atoms with Crippen LogP contribution in [-0.4, -0.2) is 10.6 Å². The van der Waals surface area contributed by atoms with Crippen molar-refractivity contribution in [3.8, 4) is 11.8 Å². The molecule has 3 nitrogen and oxygen atoms in total. The molecule has 68 valence electrons. The summed E-state index contributed by atoms with van der Waals surface area (Å²) >= 11 is 4.49. The Hall–Kier alpha value is -1.41. The number of ether oxygens (including phenoxy) is 1. The molecule has 1 aromatic rings. The van der Waals surface area contributed by atoms with E-state index in [1.165, 1.54) is 12.1 Å². The summed E-state index contributed by atoms with van der Waals surface area (Å²) in [6, 6.07) is 4.16. The van der Waals surface area contributed by atoms with E-state index in [0.717, 1.165) is 6.20 Å². The van der Waals surface area contributed by atoms with E-state index in [1.54, 1.807) is 6.07 Å². The van der Waals surface area contributed by atoms with Gasteiger partial charge in [-0.05, 0) is 12.1 Å². The van der Waals surface area contributed by atoms with Gasteiger partial charge in [0.15, 0.2) is 0 Å². The Morgan fingerprint density at radius 3 is 2.62 bits per heavy atom. The quantitative estimate of drug-likeness (QED) is 0.694. The maximum atomic E-state index is 12.0. The van der Waals surface area contributed by atoms with Crippen LogP contribution in [0.5, 0.6) is 5.75 Å². The molecular formula is C7H3ClF2N2O. The van der Waals surface area contributed by atoms with Gasteiger partial charge >= 0.3 is 5.57 Å². The van der Waals surface area contributed by atoms with Crippen LogP contribution in [0.25, 0.3) is 0 Å². The number of nitriles is 1. The summed E-state index contributed by atoms with van der Waals surface area (Å²) in [7, 11) is 0. The summed E-state index contributed by atoms with van der Waals surface area (Å²) in [5.74, 6) is -0.195. The van der Waals surface area contributed by atoms with Crippen LogP contribution in [0.2, 0.25) is 0 Å². The molecular weight excluding hydrogens is 202 g/mol. The van der Waals surface area contributed by atoms with Gasteiger partial charge in [-0.2, -0.15) is 5.26 Å². The zero-order valence-corrected chi connectivity index (χ0v) is 6.92. The molecule has 0 aromatic carbocycles. The fourth-order valence-electron chi connectivity index (χ4n) is 0.640. The summed E-state index contributed by atoms with van der Waals surface area (Å²) in [5.41, 5.74) is -3.64. The highest BCUT2D eigenvalue weighted by molar-refractivity contribution is 6.20. The predicted octanol–water partition coefficient (Wildman–Crippen LogP) is 2.12. The fourth-order valence-corrected chi connectivity index (χ4v) is 0.730. The zero-order valence-electron chi connectivity index (χ0n) is 6.17. The van der Waals surface area contributed by atoms with E-state index in [2.05, 4.69) is 21.3 Å². The Labute approximate surface area is 77.5 Å². The Balaban J connectivity index is 2.77. The van der Waals surface area contributed by atoms with Crippen LogP contribution in [0.4, 0.5) is 8.78 Å². The van der Waals surface area contributed by atoms with Gasteiger partial charge < -0.3 is 4.74 Å². The molecule has 6 heteroatoms. The topological polar surface area (TPSA) is 45.9 Å². The third kappa shape index (κ3) is 3.22. The number of alkyl halides is 3. The van der Waals surface area contributed by atoms with E-state index in [9.17, 15) is 8.78 Å². The number of halogens is 3. The molecule has 0 unspecified atom stereocenters. The van der Waals surface area contributed by atoms with Crippen molar-refractivity contribution in [1.82, 2.24) is 4.98 Å². The summed E-state index contributed by atoms with van der Waals surface area (Å²) < 4.78 is 28.0. The third-order valence-electron chi connectivity index (χ3n) is 1.08. The van der Waals surface area contributed by atoms with Gasteiger partial charge in [0, 0.05) is 11.6 Å². The largest absolute Gasteiger partial charge is 0.487 e. The van der Waals surface area contributed by atoms with Crippen molar-refractivity contribution >= 4 is 11.6 Å². The molecule has 0 radical (unpaired) electrons. The lowest BCUT2D eigenvalue weighted by Crippen LogP contribution is -2.15. The molecule has 0 aliphatic heterocycles. The minimum atomic E-state index is -3.75. The second-order valence-corrected chi connectivity index (χ2v) is 2.48. The molecule has 1 aromatic heterocycles. The summed E-state index contributed by atoms with van der Waals surface area (Å²) in [4.78, 5) is 3.50. The van der Waals surface area contributed by atoms with Gasteiger partial charge in [-0.15, -0.1) is 8.78 Å². The minimum absolute atomic E-state index is 0.116. The molecule has 0 N–H and O–H groups in total. The Bertz CT molecular complexity index is 328. The first kappa shape index (κ1) is 9.68. The fraction of sp³-hybridized carbons (Fsp3) is 0.143. The predicted molar refractivity (Wildman–Crippen MR) is 40.4 cm³/mol. The highest BCUT2D eigenvalue weighted by Gasteiger charge is 2.27. The highest BCUT2D eigenvalue weighted by Crippen LogP contribution is 2.23. The van der Waals surface area contributed by atoms with Gasteiger partial charge in [0.1, 0.15) is 17.5 Å². The smallest absolute Gasteiger partial charge is 0.418 e. The lowest BCUT2D eigenvalue weighted by molar-refractivity contribution is -0.0966. The van der Waals surface area contributed by atoms with Gasteiger partial charge in [-0.25, -0.2) is 4.98 Å². The Morgan fingerprint density at radius 2 is 2.23 bits per heavy atom. The molecule has 0 aliphatic carbocycles. The molecule has 0 atom stereocenters. The second kappa shape index (κ2) is 3.54. The molecule has 0 saturated heterocycles. The number of aromatic nitrogens is 1. The van der Waals surface area contributed by atoms with Crippen molar-refractivity contribution in [2.24, 2.45) is 0 Å². The zero-order chi connectivity index (χ0) is 9.90. The van der Waals surface area contributed by atoms with Crippen molar-refractivity contribution in [3.63, 3.8) is 0 Å². The first-order valence-electron chi connectivity index (χ1n) is 3.13. The molecule has 1 heterocycles. The molecule has 0 aliphatic rings. The molecule has 0 amide bonds. The van der Waals surface area contributed by atoms with Gasteiger partial charge in [-0.1, -0.05) is 0 Å². The van der Waals surface area contributed by atoms with E-state index < -0.39 is 5.57 Å². The number of rotatable bonds is 2. The molecule has 1 rings (SSSR count). The highest BCUT2D eigenvalue weighted by atomic mass is 35.5. The standard InChI is InChI=1S/C7H3ClF2N2O/c8-7(9,10)13-6-2-1-5(3-11)12-4-6/h1-2,4H. The first-order chi connectivity index (χ1) is 6.01. The van der Waals surface area contributed by atoms with E-state index in [0.29, 0.717) is 0 Å². The van der Waals surface area contributed by atoms with Crippen molar-refractivity contribution in [2.75, 3.05) is 0 Å². The summed E-state index contributed by atoms with van der Waals surface area (Å²) in [5, 5.41) is 8.33. The monoisotopic (exact) mass is 204 g/mol. The summed E-state index contributed by atoms with van der Waals surface area (Å²) in [6.07, 6.45) is 0.995. The van der Waals surface area contributed by atoms with Crippen LogP contribution in [0.1, 0.15) is 5.69 Å². The lowest BCUT2D eigenvalue weighted by Gasteiger charge is -2.09. The van der Waals surface area contributed by atoms with E-state index in [4.69, 9.17) is 5.26 Å². The van der Waals surface area contributed by atoms with Gasteiger partial charge in [-0.3, -0.25) is 0 Å². The van der Waals surface area contributed by atoms with Crippen LogP contribution >= 0.6 is 11.6 Å². The van der Waals surface area contributed by atoms with E-state index in [1.807, 2.05) is 0 Å². The van der Waals surface area contributed by atoms with Gasteiger partial charge in [0.25, 0.3) is 0 Å². The van der Waals surface area contributed by atoms with E-state index >= 15 is 0 Å². The average molecular weight is 205 g/mol. The normalized spacial score (nSPS) is 10.6. The molecule has 0 saturated carbocycles. The van der Waals surface area contributed by atoms with Crippen molar-refractivity contribution in [2.45, 2.75) is 5.57 Å². The first-order valence-corrected chi connectivity index (χ1v) is 3.51. The third-order valence-corrected chi connectivity index (χ3v) is 1.16. The maximum absolute atomic E-state index is 12.0. The number of hydrogen-bond acceptors (Lipinski definition) is 3. The maximum Gasteiger partial charge on any atom is 0.487 e. The second-order valence-electron chi connectivity index (χ2n) is 2.04. The molecule has 0 bridgehead atoms. The van der Waals surface area contributed by atoms with Crippen molar-refractivity contribution in [1.29, 1.82) is 5.26 Å². The van der Waals surface area contributed by atoms with Crippen molar-refractivity contribution in [3.05, 3.63) is 24.0 Å². The number of pyridine rings is 1. The SMILES string of the molecule is N#Cc1ccc(OC(F)(F)Cl)cn1. The van der Waals surface area contributed by atoms with Gasteiger partial charge in [0.2, 0.25) is 0 Å². The van der Waals surface area contributed by atoms with Crippen LogP contribution in [0.3, 0.4) is 0 Å². The minimum Gasteiger partial charge on any atom is -0.418 e. The lowest BCUT2D eigenvalue weighted by atomic mass is 10.4. The Kier molecular flexibility index (Phi) is 2.63. The van der Waals surface area contributed by atoms with Crippen LogP contribution in [0, 0.1) is 11.3 Å². The van der Waals surface area contributed by atoms with Crippen LogP contribution < -0.4 is 4.74 Å². The van der Waals surface area contributed by atoms with Gasteiger partial charge in [0.05, 0.1) is 6.20 Å². The Morgan fingerprint density at radius 1 is 1.54 bits per heavy atom. The molecule has 0 fully saturated rings. The summed E-state index contributed by atoms with van der Waals surface area (Å²) in [6.45, 7) is 0. The van der Waals surface area contributed by atoms with Crippen LogP contribution in [-0.2, 0) is 0 Å². The number of nitrogens with zero attached hydrogens (tertiary/aromatic N) is 2. The number of hydrogen-bond donors (Lipinski definition) is 0.